The second kappa shape index (κ2) is 6.76. The SMILES string of the molecule is CCN1C(=O)C(C)(C)COc2cc(CS(=O)(=O)c3ccccc3)ccc21. The lowest BCUT2D eigenvalue weighted by Crippen LogP contribution is -2.42. The molecule has 0 radical (unpaired) electrons. The number of hydrogen-bond acceptors (Lipinski definition) is 4. The third-order valence-corrected chi connectivity index (χ3v) is 6.21. The Labute approximate surface area is 154 Å². The molecule has 0 atom stereocenters. The fourth-order valence-electron chi connectivity index (χ4n) is 3.03. The van der Waals surface area contributed by atoms with Gasteiger partial charge in [-0.05, 0) is 50.6 Å². The molecule has 1 aliphatic rings. The number of nitrogens with zero attached hydrogens (tertiary/aromatic N) is 1. The van der Waals surface area contributed by atoms with Gasteiger partial charge in [0.15, 0.2) is 9.84 Å². The van der Waals surface area contributed by atoms with Crippen molar-refractivity contribution in [2.45, 2.75) is 31.4 Å². The maximum Gasteiger partial charge on any atom is 0.236 e. The monoisotopic (exact) mass is 373 g/mol. The van der Waals surface area contributed by atoms with Gasteiger partial charge >= 0.3 is 0 Å². The summed E-state index contributed by atoms with van der Waals surface area (Å²) in [6.45, 7) is 6.40. The van der Waals surface area contributed by atoms with E-state index in [0.29, 0.717) is 28.4 Å². The number of hydrogen-bond donors (Lipinski definition) is 0. The third kappa shape index (κ3) is 3.46. The van der Waals surface area contributed by atoms with Crippen LogP contribution in [0.15, 0.2) is 53.4 Å². The first-order valence-corrected chi connectivity index (χ1v) is 10.3. The maximum atomic E-state index is 12.7. The zero-order valence-electron chi connectivity index (χ0n) is 15.2. The number of amides is 1. The number of carbonyl (C=O) groups excluding carboxylic acids is 1. The highest BCUT2D eigenvalue weighted by molar-refractivity contribution is 7.90. The van der Waals surface area contributed by atoms with Gasteiger partial charge in [0.2, 0.25) is 5.91 Å². The van der Waals surface area contributed by atoms with Crippen LogP contribution in [0.25, 0.3) is 0 Å². The molecule has 1 aliphatic heterocycles. The van der Waals surface area contributed by atoms with Gasteiger partial charge in [0.1, 0.15) is 12.4 Å². The van der Waals surface area contributed by atoms with Gasteiger partial charge in [-0.3, -0.25) is 4.79 Å². The molecule has 0 spiro atoms. The van der Waals surface area contributed by atoms with Crippen LogP contribution < -0.4 is 9.64 Å². The molecule has 1 amide bonds. The third-order valence-electron chi connectivity index (χ3n) is 4.50. The number of anilines is 1. The predicted molar refractivity (Wildman–Crippen MR) is 101 cm³/mol. The fourth-order valence-corrected chi connectivity index (χ4v) is 4.38. The van der Waals surface area contributed by atoms with E-state index in [4.69, 9.17) is 4.74 Å². The molecule has 0 aromatic heterocycles. The average Bonchev–Trinajstić information content (AvgIpc) is 2.71. The predicted octanol–water partition coefficient (Wildman–Crippen LogP) is 3.43. The summed E-state index contributed by atoms with van der Waals surface area (Å²) in [5.74, 6) is 0.437. The summed E-state index contributed by atoms with van der Waals surface area (Å²) >= 11 is 0. The summed E-state index contributed by atoms with van der Waals surface area (Å²) in [4.78, 5) is 14.7. The molecule has 0 saturated heterocycles. The summed E-state index contributed by atoms with van der Waals surface area (Å²) in [6, 6.07) is 13.6. The van der Waals surface area contributed by atoms with E-state index in [1.807, 2.05) is 20.8 Å². The van der Waals surface area contributed by atoms with Crippen molar-refractivity contribution >= 4 is 21.4 Å². The first kappa shape index (κ1) is 18.5. The van der Waals surface area contributed by atoms with Crippen molar-refractivity contribution in [1.82, 2.24) is 0 Å². The number of fused-ring (bicyclic) bond motifs is 1. The molecular formula is C20H23NO4S. The summed E-state index contributed by atoms with van der Waals surface area (Å²) in [7, 11) is -3.44. The highest BCUT2D eigenvalue weighted by Gasteiger charge is 2.37. The fraction of sp³-hybridized carbons (Fsp3) is 0.350. The molecule has 2 aromatic rings. The van der Waals surface area contributed by atoms with E-state index in [-0.39, 0.29) is 18.3 Å². The van der Waals surface area contributed by atoms with Gasteiger partial charge < -0.3 is 9.64 Å². The van der Waals surface area contributed by atoms with Crippen LogP contribution in [0.5, 0.6) is 5.75 Å². The van der Waals surface area contributed by atoms with Crippen LogP contribution >= 0.6 is 0 Å². The summed E-state index contributed by atoms with van der Waals surface area (Å²) in [5, 5.41) is 0. The molecule has 138 valence electrons. The molecule has 0 fully saturated rings. The summed E-state index contributed by atoms with van der Waals surface area (Å²) in [5.41, 5.74) is 0.686. The first-order valence-electron chi connectivity index (χ1n) is 8.60. The molecule has 0 unspecified atom stereocenters. The van der Waals surface area contributed by atoms with E-state index in [9.17, 15) is 13.2 Å². The number of ether oxygens (including phenoxy) is 1. The zero-order chi connectivity index (χ0) is 18.9. The standard InChI is InChI=1S/C20H23NO4S/c1-4-21-17-11-10-15(12-18(17)25-14-20(2,3)19(21)22)13-26(23,24)16-8-6-5-7-9-16/h5-12H,4,13-14H2,1-3H3. The highest BCUT2D eigenvalue weighted by atomic mass is 32.2. The van der Waals surface area contributed by atoms with Crippen LogP contribution in [0.3, 0.4) is 0 Å². The topological polar surface area (TPSA) is 63.7 Å². The summed E-state index contributed by atoms with van der Waals surface area (Å²) < 4.78 is 31.1. The molecule has 0 bridgehead atoms. The minimum atomic E-state index is -3.44. The van der Waals surface area contributed by atoms with E-state index in [1.165, 1.54) is 0 Å². The molecule has 0 aliphatic carbocycles. The first-order chi connectivity index (χ1) is 12.2. The number of benzene rings is 2. The van der Waals surface area contributed by atoms with Crippen molar-refractivity contribution < 1.29 is 17.9 Å². The molecular weight excluding hydrogens is 350 g/mol. The normalized spacial score (nSPS) is 16.6. The van der Waals surface area contributed by atoms with Gasteiger partial charge in [-0.2, -0.15) is 0 Å². The maximum absolute atomic E-state index is 12.7. The second-order valence-electron chi connectivity index (χ2n) is 7.10. The molecule has 0 saturated carbocycles. The van der Waals surface area contributed by atoms with Crippen LogP contribution in [0.4, 0.5) is 5.69 Å². The Morgan fingerprint density at radius 1 is 1.12 bits per heavy atom. The van der Waals surface area contributed by atoms with Crippen LogP contribution in [-0.4, -0.2) is 27.5 Å². The Morgan fingerprint density at radius 3 is 2.46 bits per heavy atom. The molecule has 1 heterocycles. The van der Waals surface area contributed by atoms with E-state index in [2.05, 4.69) is 0 Å². The molecule has 3 rings (SSSR count). The van der Waals surface area contributed by atoms with Crippen molar-refractivity contribution in [1.29, 1.82) is 0 Å². The minimum absolute atomic E-state index is 0.00315. The van der Waals surface area contributed by atoms with Gasteiger partial charge in [-0.1, -0.05) is 24.3 Å². The van der Waals surface area contributed by atoms with Gasteiger partial charge in [-0.15, -0.1) is 0 Å². The van der Waals surface area contributed by atoms with Crippen molar-refractivity contribution in [3.63, 3.8) is 0 Å². The van der Waals surface area contributed by atoms with Gasteiger partial charge in [-0.25, -0.2) is 8.42 Å². The largest absolute Gasteiger partial charge is 0.490 e. The molecule has 6 heteroatoms. The Hall–Kier alpha value is -2.34. The van der Waals surface area contributed by atoms with Crippen molar-refractivity contribution in [3.8, 4) is 5.75 Å². The average molecular weight is 373 g/mol. The Morgan fingerprint density at radius 2 is 1.81 bits per heavy atom. The number of rotatable bonds is 4. The van der Waals surface area contributed by atoms with Crippen LogP contribution in [0.2, 0.25) is 0 Å². The minimum Gasteiger partial charge on any atom is -0.490 e. The van der Waals surface area contributed by atoms with Crippen LogP contribution in [-0.2, 0) is 20.4 Å². The highest BCUT2D eigenvalue weighted by Crippen LogP contribution is 2.37. The van der Waals surface area contributed by atoms with E-state index in [0.717, 1.165) is 0 Å². The van der Waals surface area contributed by atoms with Gasteiger partial charge in [0, 0.05) is 6.54 Å². The number of sulfone groups is 1. The van der Waals surface area contributed by atoms with E-state index < -0.39 is 15.3 Å². The Kier molecular flexibility index (Phi) is 4.80. The lowest BCUT2D eigenvalue weighted by molar-refractivity contribution is -0.127. The van der Waals surface area contributed by atoms with Crippen LogP contribution in [0, 0.1) is 5.41 Å². The smallest absolute Gasteiger partial charge is 0.236 e. The van der Waals surface area contributed by atoms with Gasteiger partial charge in [0.25, 0.3) is 0 Å². The van der Waals surface area contributed by atoms with Gasteiger partial charge in [0.05, 0.1) is 21.8 Å². The zero-order valence-corrected chi connectivity index (χ0v) is 16.0. The van der Waals surface area contributed by atoms with Crippen molar-refractivity contribution in [3.05, 3.63) is 54.1 Å². The Bertz CT molecular complexity index is 920. The molecule has 5 nitrogen and oxygen atoms in total. The lowest BCUT2D eigenvalue weighted by atomic mass is 9.93. The molecule has 2 aromatic carbocycles. The number of carbonyl (C=O) groups is 1. The van der Waals surface area contributed by atoms with E-state index in [1.54, 1.807) is 53.4 Å². The second-order valence-corrected chi connectivity index (χ2v) is 9.09. The van der Waals surface area contributed by atoms with Crippen molar-refractivity contribution in [2.24, 2.45) is 5.41 Å². The summed E-state index contributed by atoms with van der Waals surface area (Å²) in [6.07, 6.45) is 0. The molecule has 0 N–H and O–H groups in total. The lowest BCUT2D eigenvalue weighted by Gasteiger charge is -2.26. The van der Waals surface area contributed by atoms with Crippen LogP contribution in [0.1, 0.15) is 26.3 Å². The Balaban J connectivity index is 1.95. The quantitative estimate of drug-likeness (QED) is 0.824. The molecule has 26 heavy (non-hydrogen) atoms. The van der Waals surface area contributed by atoms with E-state index >= 15 is 0 Å². The van der Waals surface area contributed by atoms with Crippen molar-refractivity contribution in [2.75, 3.05) is 18.1 Å².